The third kappa shape index (κ3) is 4.94. The third-order valence-electron chi connectivity index (χ3n) is 1.51. The molecule has 0 heterocycles. The van der Waals surface area contributed by atoms with Crippen molar-refractivity contribution >= 4 is 19.4 Å². The van der Waals surface area contributed by atoms with E-state index in [9.17, 15) is 9.59 Å². The molecule has 0 aliphatic rings. The third-order valence-corrected chi connectivity index (χ3v) is 1.51. The van der Waals surface area contributed by atoms with Gasteiger partial charge in [0.1, 0.15) is 0 Å². The normalized spacial score (nSPS) is 12.7. The van der Waals surface area contributed by atoms with E-state index in [4.69, 9.17) is 7.85 Å². The molecule has 1 N–H and O–H groups in total. The van der Waals surface area contributed by atoms with E-state index in [1.54, 1.807) is 0 Å². The number of rotatable bonds is 4. The van der Waals surface area contributed by atoms with Gasteiger partial charge < -0.3 is 5.32 Å². The van der Waals surface area contributed by atoms with Gasteiger partial charge in [-0.15, -0.1) is 0 Å². The molecule has 0 aromatic carbocycles. The lowest BCUT2D eigenvalue weighted by Gasteiger charge is -2.16. The molecule has 2 radical (unpaired) electrons. The molecule has 3 nitrogen and oxygen atoms in total. The maximum absolute atomic E-state index is 10.9. The maximum Gasteiger partial charge on any atom is 0.200 e. The summed E-state index contributed by atoms with van der Waals surface area (Å²) in [6, 6.07) is -0.428. The monoisotopic (exact) mass is 167 g/mol. The molecule has 0 aliphatic carbocycles. The largest absolute Gasteiger partial charge is 0.356 e. The van der Waals surface area contributed by atoms with Crippen LogP contribution < -0.4 is 5.32 Å². The summed E-state index contributed by atoms with van der Waals surface area (Å²) < 4.78 is 0. The molecule has 0 aromatic heterocycles. The Morgan fingerprint density at radius 3 is 2.17 bits per heavy atom. The van der Waals surface area contributed by atoms with Gasteiger partial charge in [0, 0.05) is 0 Å². The smallest absolute Gasteiger partial charge is 0.200 e. The first kappa shape index (κ1) is 11.2. The number of carbonyl (C=O) groups is 2. The summed E-state index contributed by atoms with van der Waals surface area (Å²) in [6.07, 6.45) is 0.637. The summed E-state index contributed by atoms with van der Waals surface area (Å²) in [5, 5.41) is 2.40. The Labute approximate surface area is 74.3 Å². The van der Waals surface area contributed by atoms with E-state index in [1.165, 1.54) is 6.92 Å². The zero-order valence-electron chi connectivity index (χ0n) is 7.76. The molecule has 0 fully saturated rings. The fourth-order valence-corrected chi connectivity index (χ4v) is 0.970. The summed E-state index contributed by atoms with van der Waals surface area (Å²) in [6.45, 7) is 5.42. The molecular weight excluding hydrogens is 153 g/mol. The van der Waals surface area contributed by atoms with Crippen molar-refractivity contribution in [3.63, 3.8) is 0 Å². The molecule has 0 aliphatic heterocycles. The fraction of sp³-hybridized carbons (Fsp3) is 0.750. The molecule has 1 amide bonds. The molecular formula is C8H14BNO2. The maximum atomic E-state index is 10.9. The minimum absolute atomic E-state index is 0.0532. The lowest BCUT2D eigenvalue weighted by atomic mass is 9.99. The minimum Gasteiger partial charge on any atom is -0.356 e. The van der Waals surface area contributed by atoms with E-state index in [1.807, 2.05) is 13.8 Å². The van der Waals surface area contributed by atoms with Gasteiger partial charge in [-0.2, -0.15) is 0 Å². The number of hydrogen-bond acceptors (Lipinski definition) is 2. The first-order chi connectivity index (χ1) is 5.43. The Morgan fingerprint density at radius 2 is 1.92 bits per heavy atom. The molecule has 1 atom stereocenters. The Morgan fingerprint density at radius 1 is 1.42 bits per heavy atom. The van der Waals surface area contributed by atoms with Crippen LogP contribution in [0.1, 0.15) is 27.2 Å². The fourth-order valence-electron chi connectivity index (χ4n) is 0.970. The van der Waals surface area contributed by atoms with Crippen molar-refractivity contribution in [2.24, 2.45) is 5.92 Å². The van der Waals surface area contributed by atoms with Gasteiger partial charge in [0.25, 0.3) is 0 Å². The average molecular weight is 167 g/mol. The topological polar surface area (TPSA) is 46.2 Å². The summed E-state index contributed by atoms with van der Waals surface area (Å²) in [5.74, 6) is -0.330. The number of amides is 1. The zero-order valence-corrected chi connectivity index (χ0v) is 7.76. The lowest BCUT2D eigenvalue weighted by Crippen LogP contribution is -2.40. The molecule has 0 saturated carbocycles. The highest BCUT2D eigenvalue weighted by Crippen LogP contribution is 2.05. The van der Waals surface area contributed by atoms with Crippen LogP contribution in [0.4, 0.5) is 4.79 Å². The molecule has 0 saturated heterocycles. The van der Waals surface area contributed by atoms with E-state index in [0.717, 1.165) is 0 Å². The summed E-state index contributed by atoms with van der Waals surface area (Å²) in [7, 11) is 4.90. The number of ketones is 1. The highest BCUT2D eigenvalue weighted by Gasteiger charge is 2.15. The molecule has 0 bridgehead atoms. The Balaban J connectivity index is 4.04. The Kier molecular flexibility index (Phi) is 4.63. The second kappa shape index (κ2) is 4.96. The highest BCUT2D eigenvalue weighted by atomic mass is 16.2. The van der Waals surface area contributed by atoms with Gasteiger partial charge in [-0.05, 0) is 19.3 Å². The van der Waals surface area contributed by atoms with Crippen LogP contribution in [-0.2, 0) is 4.79 Å². The Bertz CT molecular complexity index is 180. The first-order valence-corrected chi connectivity index (χ1v) is 4.00. The van der Waals surface area contributed by atoms with Gasteiger partial charge in [0.15, 0.2) is 11.6 Å². The highest BCUT2D eigenvalue weighted by molar-refractivity contribution is 6.57. The van der Waals surface area contributed by atoms with Crippen LogP contribution in [0.25, 0.3) is 0 Å². The summed E-state index contributed by atoms with van der Waals surface area (Å²) >= 11 is 0. The van der Waals surface area contributed by atoms with Crippen LogP contribution >= 0.6 is 0 Å². The van der Waals surface area contributed by atoms with Crippen LogP contribution in [-0.4, -0.2) is 25.5 Å². The van der Waals surface area contributed by atoms with Crippen molar-refractivity contribution in [1.82, 2.24) is 5.32 Å². The van der Waals surface area contributed by atoms with E-state index >= 15 is 0 Å². The van der Waals surface area contributed by atoms with Crippen molar-refractivity contribution < 1.29 is 9.59 Å². The van der Waals surface area contributed by atoms with Crippen molar-refractivity contribution in [3.05, 3.63) is 0 Å². The number of Topliss-reactive ketones (excluding diaryl/α,β-unsaturated/α-hetero) is 1. The first-order valence-electron chi connectivity index (χ1n) is 4.00. The molecule has 12 heavy (non-hydrogen) atoms. The second-order valence-electron chi connectivity index (χ2n) is 3.30. The molecule has 66 valence electrons. The van der Waals surface area contributed by atoms with Crippen LogP contribution in [0.15, 0.2) is 0 Å². The average Bonchev–Trinajstić information content (AvgIpc) is 1.83. The summed E-state index contributed by atoms with van der Waals surface area (Å²) in [4.78, 5) is 21.4. The van der Waals surface area contributed by atoms with E-state index in [-0.39, 0.29) is 5.78 Å². The van der Waals surface area contributed by atoms with Crippen LogP contribution in [0.3, 0.4) is 0 Å². The van der Waals surface area contributed by atoms with Crippen LogP contribution in [0, 0.1) is 5.92 Å². The van der Waals surface area contributed by atoms with Gasteiger partial charge >= 0.3 is 0 Å². The molecule has 0 aromatic rings. The standard InChI is InChI=1S/C8H14BNO2/c1-5(2)4-7(6(3)11)10-8(9)12/h5,7H,4H2,1-3H3,(H,10,12)/t7-/m0/s1. The molecule has 0 unspecified atom stereocenters. The number of carbonyl (C=O) groups excluding carboxylic acids is 2. The van der Waals surface area contributed by atoms with Crippen molar-refractivity contribution in [3.8, 4) is 0 Å². The van der Waals surface area contributed by atoms with Gasteiger partial charge in [-0.1, -0.05) is 13.8 Å². The van der Waals surface area contributed by atoms with Crippen molar-refractivity contribution in [1.29, 1.82) is 0 Å². The lowest BCUT2D eigenvalue weighted by molar-refractivity contribution is -0.119. The van der Waals surface area contributed by atoms with E-state index in [2.05, 4.69) is 5.32 Å². The van der Waals surface area contributed by atoms with Gasteiger partial charge in [-0.3, -0.25) is 9.59 Å². The van der Waals surface area contributed by atoms with Crippen molar-refractivity contribution in [2.75, 3.05) is 0 Å². The zero-order chi connectivity index (χ0) is 9.72. The quantitative estimate of drug-likeness (QED) is 0.631. The summed E-state index contributed by atoms with van der Waals surface area (Å²) in [5.41, 5.74) is 0. The van der Waals surface area contributed by atoms with Gasteiger partial charge in [0.2, 0.25) is 7.85 Å². The van der Waals surface area contributed by atoms with Crippen molar-refractivity contribution in [2.45, 2.75) is 33.2 Å². The number of hydrogen-bond donors (Lipinski definition) is 1. The predicted octanol–water partition coefficient (Wildman–Crippen LogP) is 0.868. The predicted molar refractivity (Wildman–Crippen MR) is 48.2 cm³/mol. The molecule has 4 heteroatoms. The van der Waals surface area contributed by atoms with E-state index < -0.39 is 11.8 Å². The van der Waals surface area contributed by atoms with Crippen LogP contribution in [0.2, 0.25) is 0 Å². The molecule has 0 spiro atoms. The number of nitrogens with one attached hydrogen (secondary N) is 1. The SMILES string of the molecule is [B]C(=O)N[C@@H](CC(C)C)C(C)=O. The second-order valence-corrected chi connectivity index (χ2v) is 3.30. The van der Waals surface area contributed by atoms with Crippen LogP contribution in [0.5, 0.6) is 0 Å². The van der Waals surface area contributed by atoms with Gasteiger partial charge in [0.05, 0.1) is 6.04 Å². The van der Waals surface area contributed by atoms with E-state index in [0.29, 0.717) is 12.3 Å². The Hall–Kier alpha value is -0.795. The molecule has 0 rings (SSSR count). The van der Waals surface area contributed by atoms with Gasteiger partial charge in [-0.25, -0.2) is 0 Å². The minimum atomic E-state index is -0.643.